The number of hydrogen-bond donors (Lipinski definition) is 0. The Hall–Kier alpha value is -2.99. The molecule has 0 spiro atoms. The van der Waals surface area contributed by atoms with Crippen molar-refractivity contribution in [2.24, 2.45) is 0 Å². The van der Waals surface area contributed by atoms with Crippen molar-refractivity contribution < 1.29 is 14.3 Å². The van der Waals surface area contributed by atoms with Gasteiger partial charge in [-0.05, 0) is 6.92 Å². The lowest BCUT2D eigenvalue weighted by Crippen LogP contribution is -2.31. The topological polar surface area (TPSA) is 59.5 Å². The normalized spacial score (nSPS) is 11.7. The van der Waals surface area contributed by atoms with Crippen molar-refractivity contribution in [1.82, 2.24) is 9.88 Å². The maximum absolute atomic E-state index is 12.8. The Balaban J connectivity index is 1.88. The Kier molecular flexibility index (Phi) is 5.66. The molecule has 1 atom stereocenters. The SMILES string of the molecule is Cc1nc(-c2ccccc2)sc1C(=O)O[C@H](C(=O)N(C)C)c1ccccc1. The van der Waals surface area contributed by atoms with Crippen LogP contribution in [0, 0.1) is 6.92 Å². The van der Waals surface area contributed by atoms with Crippen molar-refractivity contribution in [2.45, 2.75) is 13.0 Å². The predicted octanol–water partition coefficient (Wildman–Crippen LogP) is 4.10. The summed E-state index contributed by atoms with van der Waals surface area (Å²) >= 11 is 1.27. The van der Waals surface area contributed by atoms with Crippen molar-refractivity contribution >= 4 is 23.2 Å². The molecular formula is C21H20N2O3S. The van der Waals surface area contributed by atoms with E-state index in [-0.39, 0.29) is 5.91 Å². The molecule has 0 bridgehead atoms. The van der Waals surface area contributed by atoms with Crippen molar-refractivity contribution in [3.05, 3.63) is 76.8 Å². The summed E-state index contributed by atoms with van der Waals surface area (Å²) in [5.41, 5.74) is 2.16. The lowest BCUT2D eigenvalue weighted by Gasteiger charge is -2.21. The van der Waals surface area contributed by atoms with E-state index in [4.69, 9.17) is 4.74 Å². The fourth-order valence-electron chi connectivity index (χ4n) is 2.57. The number of amides is 1. The van der Waals surface area contributed by atoms with Crippen LogP contribution in [0.15, 0.2) is 60.7 Å². The molecule has 0 aliphatic carbocycles. The van der Waals surface area contributed by atoms with E-state index in [2.05, 4.69) is 4.98 Å². The Morgan fingerprint density at radius 1 is 1.00 bits per heavy atom. The first-order chi connectivity index (χ1) is 13.0. The van der Waals surface area contributed by atoms with Crippen molar-refractivity contribution in [3.8, 4) is 10.6 Å². The second-order valence-corrected chi connectivity index (χ2v) is 7.23. The van der Waals surface area contributed by atoms with Gasteiger partial charge in [-0.15, -0.1) is 11.3 Å². The van der Waals surface area contributed by atoms with Gasteiger partial charge in [-0.3, -0.25) is 4.79 Å². The molecule has 0 unspecified atom stereocenters. The van der Waals surface area contributed by atoms with Crippen molar-refractivity contribution in [2.75, 3.05) is 14.1 Å². The molecule has 6 heteroatoms. The van der Waals surface area contributed by atoms with Gasteiger partial charge in [0, 0.05) is 25.2 Å². The molecule has 3 aromatic rings. The summed E-state index contributed by atoms with van der Waals surface area (Å²) in [6.07, 6.45) is -0.990. The number of aryl methyl sites for hydroxylation is 1. The van der Waals surface area contributed by atoms with Gasteiger partial charge in [0.2, 0.25) is 6.10 Å². The first-order valence-electron chi connectivity index (χ1n) is 8.47. The van der Waals surface area contributed by atoms with Crippen LogP contribution in [-0.4, -0.2) is 35.9 Å². The molecule has 0 fully saturated rings. The molecule has 5 nitrogen and oxygen atoms in total. The zero-order valence-corrected chi connectivity index (χ0v) is 16.2. The number of hydrogen-bond acceptors (Lipinski definition) is 5. The Labute approximate surface area is 162 Å². The summed E-state index contributed by atoms with van der Waals surface area (Å²) in [7, 11) is 3.27. The van der Waals surface area contributed by atoms with E-state index in [1.807, 2.05) is 48.5 Å². The molecule has 2 aromatic carbocycles. The first-order valence-corrected chi connectivity index (χ1v) is 9.29. The lowest BCUT2D eigenvalue weighted by molar-refractivity contribution is -0.138. The maximum atomic E-state index is 12.8. The molecule has 0 N–H and O–H groups in total. The highest BCUT2D eigenvalue weighted by Crippen LogP contribution is 2.30. The van der Waals surface area contributed by atoms with E-state index in [9.17, 15) is 9.59 Å². The predicted molar refractivity (Wildman–Crippen MR) is 106 cm³/mol. The highest BCUT2D eigenvalue weighted by atomic mass is 32.1. The second-order valence-electron chi connectivity index (χ2n) is 6.23. The largest absolute Gasteiger partial charge is 0.443 e. The molecule has 27 heavy (non-hydrogen) atoms. The number of carbonyl (C=O) groups is 2. The van der Waals surface area contributed by atoms with Crippen LogP contribution in [0.2, 0.25) is 0 Å². The van der Waals surface area contributed by atoms with E-state index in [1.54, 1.807) is 33.2 Å². The number of nitrogens with zero attached hydrogens (tertiary/aromatic N) is 2. The van der Waals surface area contributed by atoms with E-state index in [0.29, 0.717) is 16.1 Å². The number of rotatable bonds is 5. The molecule has 1 aromatic heterocycles. The molecule has 138 valence electrons. The Morgan fingerprint density at radius 3 is 2.19 bits per heavy atom. The zero-order chi connectivity index (χ0) is 19.4. The molecule has 0 saturated carbocycles. The molecule has 0 aliphatic heterocycles. The monoisotopic (exact) mass is 380 g/mol. The highest BCUT2D eigenvalue weighted by Gasteiger charge is 2.28. The number of carbonyl (C=O) groups excluding carboxylic acids is 2. The summed E-state index contributed by atoms with van der Waals surface area (Å²) in [5, 5.41) is 0.746. The van der Waals surface area contributed by atoms with Gasteiger partial charge in [-0.2, -0.15) is 0 Å². The third kappa shape index (κ3) is 4.23. The van der Waals surface area contributed by atoms with Crippen molar-refractivity contribution in [3.63, 3.8) is 0 Å². The number of thiazole rings is 1. The zero-order valence-electron chi connectivity index (χ0n) is 15.4. The van der Waals surface area contributed by atoms with Gasteiger partial charge in [0.15, 0.2) is 0 Å². The first kappa shape index (κ1) is 18.8. The number of aromatic nitrogens is 1. The van der Waals surface area contributed by atoms with Gasteiger partial charge in [0.1, 0.15) is 9.88 Å². The van der Waals surface area contributed by atoms with Crippen LogP contribution >= 0.6 is 11.3 Å². The number of likely N-dealkylation sites (N-methyl/N-ethyl adjacent to an activating group) is 1. The quantitative estimate of drug-likeness (QED) is 0.625. The summed E-state index contributed by atoms with van der Waals surface area (Å²) in [5.74, 6) is -0.837. The van der Waals surface area contributed by atoms with Crippen LogP contribution in [0.25, 0.3) is 10.6 Å². The van der Waals surface area contributed by atoms with E-state index < -0.39 is 12.1 Å². The summed E-state index contributed by atoms with van der Waals surface area (Å²) < 4.78 is 5.62. The van der Waals surface area contributed by atoms with Crippen LogP contribution < -0.4 is 0 Å². The number of esters is 1. The average molecular weight is 380 g/mol. The Morgan fingerprint density at radius 2 is 1.59 bits per heavy atom. The minimum Gasteiger partial charge on any atom is -0.443 e. The summed E-state index contributed by atoms with van der Waals surface area (Å²) in [6, 6.07) is 18.7. The van der Waals surface area contributed by atoms with Gasteiger partial charge in [-0.1, -0.05) is 60.7 Å². The van der Waals surface area contributed by atoms with Crippen molar-refractivity contribution in [1.29, 1.82) is 0 Å². The number of ether oxygens (including phenoxy) is 1. The van der Waals surface area contributed by atoms with Crippen LogP contribution in [0.1, 0.15) is 27.0 Å². The fraction of sp³-hybridized carbons (Fsp3) is 0.190. The van der Waals surface area contributed by atoms with E-state index >= 15 is 0 Å². The molecular weight excluding hydrogens is 360 g/mol. The molecule has 1 amide bonds. The molecule has 1 heterocycles. The van der Waals surface area contributed by atoms with Gasteiger partial charge in [0.05, 0.1) is 5.69 Å². The second kappa shape index (κ2) is 8.14. The third-order valence-electron chi connectivity index (χ3n) is 4.00. The van der Waals surface area contributed by atoms with Gasteiger partial charge < -0.3 is 9.64 Å². The smallest absolute Gasteiger partial charge is 0.351 e. The minimum absolute atomic E-state index is 0.292. The molecule has 0 radical (unpaired) electrons. The fourth-order valence-corrected chi connectivity index (χ4v) is 3.53. The molecule has 0 saturated heterocycles. The third-order valence-corrected chi connectivity index (χ3v) is 5.18. The maximum Gasteiger partial charge on any atom is 0.351 e. The lowest BCUT2D eigenvalue weighted by atomic mass is 10.1. The minimum atomic E-state index is -0.990. The Bertz CT molecular complexity index is 937. The van der Waals surface area contributed by atoms with E-state index in [1.165, 1.54) is 16.2 Å². The van der Waals surface area contributed by atoms with Crippen LogP contribution in [0.4, 0.5) is 0 Å². The number of benzene rings is 2. The van der Waals surface area contributed by atoms with E-state index in [0.717, 1.165) is 10.6 Å². The van der Waals surface area contributed by atoms with Gasteiger partial charge in [-0.25, -0.2) is 9.78 Å². The van der Waals surface area contributed by atoms with Crippen LogP contribution in [0.5, 0.6) is 0 Å². The summed E-state index contributed by atoms with van der Waals surface area (Å²) in [4.78, 5) is 31.7. The summed E-state index contributed by atoms with van der Waals surface area (Å²) in [6.45, 7) is 1.77. The molecule has 3 rings (SSSR count). The molecule has 0 aliphatic rings. The van der Waals surface area contributed by atoms with Gasteiger partial charge >= 0.3 is 5.97 Å². The average Bonchev–Trinajstić information content (AvgIpc) is 3.08. The highest BCUT2D eigenvalue weighted by molar-refractivity contribution is 7.17. The van der Waals surface area contributed by atoms with Crippen LogP contribution in [0.3, 0.4) is 0 Å². The van der Waals surface area contributed by atoms with Crippen LogP contribution in [-0.2, 0) is 9.53 Å². The standard InChI is InChI=1S/C21H20N2O3S/c1-14-18(27-19(22-14)16-12-8-5-9-13-16)21(25)26-17(20(24)23(2)3)15-10-6-4-7-11-15/h4-13,17H,1-3H3/t17-/m0/s1. The van der Waals surface area contributed by atoms with Gasteiger partial charge in [0.25, 0.3) is 5.91 Å².